The van der Waals surface area contributed by atoms with E-state index in [0.29, 0.717) is 0 Å². The SMILES string of the molecule is O=C1NC[C@@H]2[C@H]1CCCN2Cc1c(Cl)ccc2cccnc12. The number of likely N-dealkylation sites (tertiary alicyclic amines) is 1. The third kappa shape index (κ3) is 2.27. The summed E-state index contributed by atoms with van der Waals surface area (Å²) in [5.41, 5.74) is 2.04. The molecule has 4 rings (SSSR count). The van der Waals surface area contributed by atoms with Gasteiger partial charge in [-0.3, -0.25) is 14.7 Å². The van der Waals surface area contributed by atoms with Crippen molar-refractivity contribution in [1.29, 1.82) is 0 Å². The molecule has 1 aromatic carbocycles. The van der Waals surface area contributed by atoms with Gasteiger partial charge in [0.15, 0.2) is 0 Å². The zero-order valence-electron chi connectivity index (χ0n) is 12.3. The van der Waals surface area contributed by atoms with E-state index >= 15 is 0 Å². The molecule has 0 spiro atoms. The van der Waals surface area contributed by atoms with Crippen LogP contribution in [0.25, 0.3) is 10.9 Å². The van der Waals surface area contributed by atoms with Crippen molar-refractivity contribution < 1.29 is 4.79 Å². The van der Waals surface area contributed by atoms with Gasteiger partial charge in [-0.2, -0.15) is 0 Å². The average molecular weight is 316 g/mol. The predicted molar refractivity (Wildman–Crippen MR) is 86.7 cm³/mol. The molecule has 1 aromatic heterocycles. The number of rotatable bonds is 2. The number of hydrogen-bond donors (Lipinski definition) is 1. The van der Waals surface area contributed by atoms with Crippen molar-refractivity contribution in [3.05, 3.63) is 41.0 Å². The van der Waals surface area contributed by atoms with Crippen LogP contribution < -0.4 is 5.32 Å². The highest BCUT2D eigenvalue weighted by molar-refractivity contribution is 6.32. The fourth-order valence-corrected chi connectivity index (χ4v) is 3.98. The number of carbonyl (C=O) groups excluding carboxylic acids is 1. The van der Waals surface area contributed by atoms with Crippen molar-refractivity contribution in [3.8, 4) is 0 Å². The Balaban J connectivity index is 1.69. The van der Waals surface area contributed by atoms with Crippen LogP contribution in [0.3, 0.4) is 0 Å². The number of hydrogen-bond acceptors (Lipinski definition) is 3. The summed E-state index contributed by atoms with van der Waals surface area (Å²) < 4.78 is 0. The van der Waals surface area contributed by atoms with E-state index in [4.69, 9.17) is 11.6 Å². The minimum Gasteiger partial charge on any atom is -0.354 e. The molecular weight excluding hydrogens is 298 g/mol. The molecule has 114 valence electrons. The number of pyridine rings is 1. The first-order valence-electron chi connectivity index (χ1n) is 7.78. The van der Waals surface area contributed by atoms with E-state index in [0.717, 1.165) is 54.0 Å². The summed E-state index contributed by atoms with van der Waals surface area (Å²) in [7, 11) is 0. The van der Waals surface area contributed by atoms with Crippen molar-refractivity contribution in [2.75, 3.05) is 13.1 Å². The molecule has 2 aliphatic rings. The normalized spacial score (nSPS) is 25.2. The highest BCUT2D eigenvalue weighted by Crippen LogP contribution is 2.32. The maximum absolute atomic E-state index is 11.9. The van der Waals surface area contributed by atoms with E-state index in [1.807, 2.05) is 24.4 Å². The van der Waals surface area contributed by atoms with Gasteiger partial charge in [0.1, 0.15) is 0 Å². The van der Waals surface area contributed by atoms with Crippen molar-refractivity contribution in [3.63, 3.8) is 0 Å². The number of nitrogens with one attached hydrogen (secondary N) is 1. The van der Waals surface area contributed by atoms with Crippen LogP contribution in [-0.4, -0.2) is 34.9 Å². The van der Waals surface area contributed by atoms with Crippen LogP contribution in [0.1, 0.15) is 18.4 Å². The number of carbonyl (C=O) groups is 1. The van der Waals surface area contributed by atoms with Crippen molar-refractivity contribution in [2.24, 2.45) is 5.92 Å². The monoisotopic (exact) mass is 315 g/mol. The number of nitrogens with zero attached hydrogens (tertiary/aromatic N) is 2. The summed E-state index contributed by atoms with van der Waals surface area (Å²) >= 11 is 6.44. The number of piperidine rings is 1. The Morgan fingerprint density at radius 1 is 1.36 bits per heavy atom. The van der Waals surface area contributed by atoms with E-state index in [2.05, 4.69) is 21.3 Å². The molecule has 0 radical (unpaired) electrons. The second-order valence-electron chi connectivity index (χ2n) is 6.13. The van der Waals surface area contributed by atoms with E-state index < -0.39 is 0 Å². The van der Waals surface area contributed by atoms with Crippen LogP contribution in [-0.2, 0) is 11.3 Å². The van der Waals surface area contributed by atoms with E-state index in [-0.39, 0.29) is 17.9 Å². The van der Waals surface area contributed by atoms with Gasteiger partial charge in [0.2, 0.25) is 5.91 Å². The molecule has 1 N–H and O–H groups in total. The van der Waals surface area contributed by atoms with Gasteiger partial charge in [0.25, 0.3) is 0 Å². The number of aromatic nitrogens is 1. The summed E-state index contributed by atoms with van der Waals surface area (Å²) in [5.74, 6) is 0.340. The first-order chi connectivity index (χ1) is 10.7. The quantitative estimate of drug-likeness (QED) is 0.926. The largest absolute Gasteiger partial charge is 0.354 e. The Bertz CT molecular complexity index is 733. The highest BCUT2D eigenvalue weighted by atomic mass is 35.5. The lowest BCUT2D eigenvalue weighted by atomic mass is 9.91. The summed E-state index contributed by atoms with van der Waals surface area (Å²) in [4.78, 5) is 18.8. The van der Waals surface area contributed by atoms with Crippen LogP contribution in [0.15, 0.2) is 30.5 Å². The first kappa shape index (κ1) is 14.0. The molecule has 2 atom stereocenters. The third-order valence-electron chi connectivity index (χ3n) is 4.90. The first-order valence-corrected chi connectivity index (χ1v) is 8.16. The van der Waals surface area contributed by atoms with Crippen molar-refractivity contribution in [1.82, 2.24) is 15.2 Å². The van der Waals surface area contributed by atoms with Gasteiger partial charge < -0.3 is 5.32 Å². The van der Waals surface area contributed by atoms with Crippen LogP contribution in [0.4, 0.5) is 0 Å². The Morgan fingerprint density at radius 3 is 3.18 bits per heavy atom. The molecule has 5 heteroatoms. The maximum Gasteiger partial charge on any atom is 0.224 e. The lowest BCUT2D eigenvalue weighted by Gasteiger charge is -2.36. The Morgan fingerprint density at radius 2 is 2.27 bits per heavy atom. The average Bonchev–Trinajstić information content (AvgIpc) is 2.93. The number of fused-ring (bicyclic) bond motifs is 2. The topological polar surface area (TPSA) is 45.2 Å². The Labute approximate surface area is 134 Å². The third-order valence-corrected chi connectivity index (χ3v) is 5.25. The number of halogens is 1. The summed E-state index contributed by atoms with van der Waals surface area (Å²) in [6.45, 7) is 2.51. The van der Waals surface area contributed by atoms with Gasteiger partial charge in [-0.05, 0) is 31.5 Å². The Hall–Kier alpha value is -1.65. The lowest BCUT2D eigenvalue weighted by molar-refractivity contribution is -0.124. The summed E-state index contributed by atoms with van der Waals surface area (Å²) in [5, 5.41) is 4.86. The van der Waals surface area contributed by atoms with Gasteiger partial charge in [0, 0.05) is 41.3 Å². The molecule has 4 nitrogen and oxygen atoms in total. The maximum atomic E-state index is 11.9. The molecule has 0 aliphatic carbocycles. The van der Waals surface area contributed by atoms with Crippen molar-refractivity contribution in [2.45, 2.75) is 25.4 Å². The number of amides is 1. The van der Waals surface area contributed by atoms with Gasteiger partial charge >= 0.3 is 0 Å². The molecule has 1 amide bonds. The fraction of sp³-hybridized carbons (Fsp3) is 0.412. The molecule has 0 saturated carbocycles. The van der Waals surface area contributed by atoms with Crippen LogP contribution in [0.5, 0.6) is 0 Å². The summed E-state index contributed by atoms with van der Waals surface area (Å²) in [6, 6.07) is 8.24. The van der Waals surface area contributed by atoms with Gasteiger partial charge in [-0.25, -0.2) is 0 Å². The highest BCUT2D eigenvalue weighted by Gasteiger charge is 2.40. The van der Waals surface area contributed by atoms with Gasteiger partial charge in [-0.1, -0.05) is 23.7 Å². The van der Waals surface area contributed by atoms with Crippen LogP contribution >= 0.6 is 11.6 Å². The number of benzene rings is 1. The van der Waals surface area contributed by atoms with Gasteiger partial charge in [0.05, 0.1) is 11.4 Å². The Kier molecular flexibility index (Phi) is 3.51. The van der Waals surface area contributed by atoms with E-state index in [1.165, 1.54) is 0 Å². The second-order valence-corrected chi connectivity index (χ2v) is 6.54. The molecule has 2 aliphatic heterocycles. The molecule has 2 fully saturated rings. The molecule has 3 heterocycles. The fourth-order valence-electron chi connectivity index (χ4n) is 3.77. The molecular formula is C17H18ClN3O. The second kappa shape index (κ2) is 5.52. The summed E-state index contributed by atoms with van der Waals surface area (Å²) in [6.07, 6.45) is 3.86. The molecule has 0 unspecified atom stereocenters. The van der Waals surface area contributed by atoms with E-state index in [9.17, 15) is 4.79 Å². The van der Waals surface area contributed by atoms with Crippen molar-refractivity contribution >= 4 is 28.4 Å². The molecule has 2 aromatic rings. The molecule has 0 bridgehead atoms. The predicted octanol–water partition coefficient (Wildman–Crippen LogP) is 2.60. The standard InChI is InChI=1S/C17H18ClN3O/c18-14-6-5-11-3-1-7-19-16(11)13(14)10-21-8-2-4-12-15(21)9-20-17(12)22/h1,3,5-7,12,15H,2,4,8-10H2,(H,20,22)/t12-,15-/m1/s1. The minimum absolute atomic E-state index is 0.135. The van der Waals surface area contributed by atoms with E-state index in [1.54, 1.807) is 0 Å². The smallest absolute Gasteiger partial charge is 0.224 e. The zero-order chi connectivity index (χ0) is 15.1. The molecule has 2 saturated heterocycles. The van der Waals surface area contributed by atoms with Gasteiger partial charge in [-0.15, -0.1) is 0 Å². The van der Waals surface area contributed by atoms with Crippen LogP contribution in [0, 0.1) is 5.92 Å². The molecule has 22 heavy (non-hydrogen) atoms. The minimum atomic E-state index is 0.135. The lowest BCUT2D eigenvalue weighted by Crippen LogP contribution is -2.45. The van der Waals surface area contributed by atoms with Crippen LogP contribution in [0.2, 0.25) is 5.02 Å². The zero-order valence-corrected chi connectivity index (χ0v) is 13.0.